The molecule has 0 spiro atoms. The van der Waals surface area contributed by atoms with Crippen molar-refractivity contribution in [3.05, 3.63) is 359 Å². The Morgan fingerprint density at radius 1 is 0.261 bits per heavy atom. The highest BCUT2D eigenvalue weighted by atomic mass is 32.2. The lowest BCUT2D eigenvalue weighted by Crippen LogP contribution is -2.65. The molecule has 20 nitrogen and oxygen atoms in total. The van der Waals surface area contributed by atoms with E-state index in [-0.39, 0.29) is 67.5 Å². The maximum absolute atomic E-state index is 15.1. The van der Waals surface area contributed by atoms with Crippen LogP contribution in [-0.4, -0.2) is 147 Å². The van der Waals surface area contributed by atoms with Crippen molar-refractivity contribution in [1.29, 1.82) is 0 Å². The molecule has 0 saturated carbocycles. The molecule has 10 aromatic carbocycles. The van der Waals surface area contributed by atoms with Crippen LogP contribution in [0.3, 0.4) is 0 Å². The van der Waals surface area contributed by atoms with Gasteiger partial charge in [0.05, 0.1) is 80.7 Å². The van der Waals surface area contributed by atoms with Crippen LogP contribution in [0.15, 0.2) is 303 Å². The Kier molecular flexibility index (Phi) is 28.6. The summed E-state index contributed by atoms with van der Waals surface area (Å²) in [4.78, 5) is 74.0. The Morgan fingerprint density at radius 2 is 0.514 bits per heavy atom. The third-order valence-corrected chi connectivity index (χ3v) is 19.8. The lowest BCUT2D eigenvalue weighted by atomic mass is 9.96. The fourth-order valence-electron chi connectivity index (χ4n) is 13.2. The van der Waals surface area contributed by atoms with Crippen LogP contribution in [0.2, 0.25) is 0 Å². The van der Waals surface area contributed by atoms with Gasteiger partial charge in [-0.15, -0.1) is 11.8 Å². The normalized spacial score (nSPS) is 23.6. The number of ether oxygens (including phenoxy) is 15. The first-order valence-corrected chi connectivity index (χ1v) is 38.0. The summed E-state index contributed by atoms with van der Waals surface area (Å²) in [5.41, 5.74) is 3.79. The predicted octanol–water partition coefficient (Wildman–Crippen LogP) is 14.6. The van der Waals surface area contributed by atoms with Gasteiger partial charge in [-0.2, -0.15) is 0 Å². The van der Waals surface area contributed by atoms with Gasteiger partial charge in [-0.05, 0) is 94.2 Å². The van der Waals surface area contributed by atoms with E-state index < -0.39 is 134 Å². The Labute approximate surface area is 649 Å². The molecule has 3 fully saturated rings. The molecule has 15 atom stereocenters. The average molecular weight is 1520 g/mol. The molecule has 0 radical (unpaired) electrons. The van der Waals surface area contributed by atoms with Gasteiger partial charge in [-0.25, -0.2) is 24.0 Å². The standard InChI is InChI=1S/C90H86O20S/c1-2-111-90-82(110-87(95)70-51-31-12-32-52-70)79(109-86(94)69-49-29-11-30-50-69)76(107-84(92)67-45-25-9-26-46-67)73(105-90)60-102-89-81(100-57-65-41-21-7-22-42-65)78(108-85(93)68-47-27-10-28-48-68)75(106-83(91)66-43-23-8-24-44-66)72(104-89)59-101-88-80(99-56-64-39-19-6-20-40-64)77(98-55-63-37-17-5-18-38-63)74(97-54-62-35-15-4-16-36-62)71(103-88)58-96-53-61-33-13-3-14-34-61/h3-52,71-82,88-90H,2,53-60H2,1H3/t71-,72-,73-,74-,75-,76-,77+,78+,79+,80-,81-,82-,88+,89+,90+/m1/s1. The second kappa shape index (κ2) is 40.4. The molecule has 3 aliphatic rings. The van der Waals surface area contributed by atoms with E-state index in [2.05, 4.69) is 0 Å². The molecule has 21 heteroatoms. The highest BCUT2D eigenvalue weighted by Crippen LogP contribution is 2.39. The molecule has 0 unspecified atom stereocenters. The zero-order chi connectivity index (χ0) is 76.4. The van der Waals surface area contributed by atoms with Gasteiger partial charge < -0.3 is 71.1 Å². The summed E-state index contributed by atoms with van der Waals surface area (Å²) < 4.78 is 103. The van der Waals surface area contributed by atoms with E-state index >= 15 is 9.59 Å². The maximum atomic E-state index is 15.1. The van der Waals surface area contributed by atoms with Crippen molar-refractivity contribution in [3.8, 4) is 0 Å². The minimum Gasteiger partial charge on any atom is -0.452 e. The molecule has 0 amide bonds. The van der Waals surface area contributed by atoms with Crippen LogP contribution in [-0.2, 0) is 104 Å². The van der Waals surface area contributed by atoms with Crippen LogP contribution < -0.4 is 0 Å². The van der Waals surface area contributed by atoms with Crippen molar-refractivity contribution < 1.29 is 95.0 Å². The molecule has 572 valence electrons. The van der Waals surface area contributed by atoms with Crippen molar-refractivity contribution >= 4 is 41.6 Å². The minimum absolute atomic E-state index is 0.0268. The molecule has 13 rings (SSSR count). The molecule has 0 aliphatic carbocycles. The molecule has 111 heavy (non-hydrogen) atoms. The van der Waals surface area contributed by atoms with Crippen molar-refractivity contribution in [2.24, 2.45) is 0 Å². The van der Waals surface area contributed by atoms with Gasteiger partial charge in [0, 0.05) is 0 Å². The highest BCUT2D eigenvalue weighted by molar-refractivity contribution is 7.99. The molecule has 0 aromatic heterocycles. The molecule has 3 aliphatic heterocycles. The van der Waals surface area contributed by atoms with Crippen molar-refractivity contribution in [3.63, 3.8) is 0 Å². The third-order valence-electron chi connectivity index (χ3n) is 18.8. The van der Waals surface area contributed by atoms with E-state index in [0.29, 0.717) is 11.3 Å². The van der Waals surface area contributed by atoms with Crippen molar-refractivity contribution in [2.75, 3.05) is 25.6 Å². The summed E-state index contributed by atoms with van der Waals surface area (Å²) in [5.74, 6) is -3.73. The first kappa shape index (κ1) is 78.6. The van der Waals surface area contributed by atoms with E-state index in [9.17, 15) is 14.4 Å². The number of carbonyl (C=O) groups excluding carboxylic acids is 5. The molecular formula is C90H86O20S. The lowest BCUT2D eigenvalue weighted by molar-refractivity contribution is -0.349. The highest BCUT2D eigenvalue weighted by Gasteiger charge is 2.57. The number of carbonyl (C=O) groups is 5. The van der Waals surface area contributed by atoms with Crippen LogP contribution in [0.5, 0.6) is 0 Å². The Morgan fingerprint density at radius 3 is 0.847 bits per heavy atom. The molecular weight excluding hydrogens is 1430 g/mol. The SMILES string of the molecule is CCS[C@@H]1O[C@H](CO[C@H]2O[C@H](CO[C@H]3O[C@H](COCc4ccccc4)[C@@H](OCc4ccccc4)[C@H](OCc4ccccc4)[C@H]3OCc3ccccc3)[C@@H](OC(=O)c3ccccc3)[C@H](OC(=O)c3ccccc3)[C@H]2OCc2ccccc2)[C@@H](OC(=O)c2ccccc2)[C@H](OC(=O)c2ccccc2)[C@H]1OC(=O)c1ccccc1. The van der Waals surface area contributed by atoms with Crippen LogP contribution >= 0.6 is 11.8 Å². The molecule has 0 N–H and O–H groups in total. The Balaban J connectivity index is 0.915. The fraction of sp³-hybridized carbons (Fsp3) is 0.278. The van der Waals surface area contributed by atoms with E-state index in [1.165, 1.54) is 11.8 Å². The Hall–Kier alpha value is -10.5. The fourth-order valence-corrected chi connectivity index (χ4v) is 14.1. The minimum atomic E-state index is -1.66. The van der Waals surface area contributed by atoms with Gasteiger partial charge in [0.25, 0.3) is 0 Å². The molecule has 3 saturated heterocycles. The number of esters is 5. The summed E-state index contributed by atoms with van der Waals surface area (Å²) in [6.45, 7) is 1.13. The van der Waals surface area contributed by atoms with Crippen LogP contribution in [0, 0.1) is 0 Å². The summed E-state index contributed by atoms with van der Waals surface area (Å²) in [6, 6.07) is 89.2. The zero-order valence-electron chi connectivity index (χ0n) is 61.0. The summed E-state index contributed by atoms with van der Waals surface area (Å²) in [6.07, 6.45) is -19.2. The topological polar surface area (TPSA) is 224 Å². The van der Waals surface area contributed by atoms with Crippen LogP contribution in [0.4, 0.5) is 0 Å². The monoisotopic (exact) mass is 1520 g/mol. The summed E-state index contributed by atoms with van der Waals surface area (Å²) in [5, 5.41) is 0. The first-order valence-electron chi connectivity index (χ1n) is 36.9. The smallest absolute Gasteiger partial charge is 0.338 e. The average Bonchev–Trinajstić information content (AvgIpc) is 0.777. The van der Waals surface area contributed by atoms with Gasteiger partial charge in [0.2, 0.25) is 0 Å². The largest absolute Gasteiger partial charge is 0.452 e. The second-order valence-corrected chi connectivity index (χ2v) is 27.9. The number of rotatable bonds is 34. The quantitative estimate of drug-likeness (QED) is 0.0270. The lowest BCUT2D eigenvalue weighted by Gasteiger charge is -2.48. The van der Waals surface area contributed by atoms with Crippen LogP contribution in [0.25, 0.3) is 0 Å². The summed E-state index contributed by atoms with van der Waals surface area (Å²) in [7, 11) is 0. The number of hydrogen-bond acceptors (Lipinski definition) is 21. The van der Waals surface area contributed by atoms with Gasteiger partial charge in [0.15, 0.2) is 43.1 Å². The van der Waals surface area contributed by atoms with Crippen LogP contribution in [0.1, 0.15) is 86.5 Å². The predicted molar refractivity (Wildman–Crippen MR) is 410 cm³/mol. The van der Waals surface area contributed by atoms with Gasteiger partial charge in [-0.1, -0.05) is 250 Å². The van der Waals surface area contributed by atoms with E-state index in [0.717, 1.165) is 22.3 Å². The third kappa shape index (κ3) is 21.8. The molecule has 0 bridgehead atoms. The van der Waals surface area contributed by atoms with Gasteiger partial charge in [0.1, 0.15) is 48.2 Å². The Bertz CT molecular complexity index is 4470. The summed E-state index contributed by atoms with van der Waals surface area (Å²) >= 11 is 1.24. The van der Waals surface area contributed by atoms with Gasteiger partial charge >= 0.3 is 29.8 Å². The first-order chi connectivity index (χ1) is 54.6. The molecule has 10 aromatic rings. The number of thioether (sulfide) groups is 1. The van der Waals surface area contributed by atoms with Gasteiger partial charge in [-0.3, -0.25) is 0 Å². The maximum Gasteiger partial charge on any atom is 0.338 e. The molecule has 3 heterocycles. The number of hydrogen-bond donors (Lipinski definition) is 0. The van der Waals surface area contributed by atoms with Crippen molar-refractivity contribution in [2.45, 2.75) is 131 Å². The van der Waals surface area contributed by atoms with E-state index in [1.54, 1.807) is 152 Å². The number of benzene rings is 10. The zero-order valence-corrected chi connectivity index (χ0v) is 61.8. The second-order valence-electron chi connectivity index (χ2n) is 26.5. The van der Waals surface area contributed by atoms with E-state index in [1.807, 2.05) is 159 Å². The van der Waals surface area contributed by atoms with E-state index in [4.69, 9.17) is 71.1 Å². The van der Waals surface area contributed by atoms with Crippen molar-refractivity contribution in [1.82, 2.24) is 0 Å².